The molecule has 0 fully saturated rings. The Balaban J connectivity index is 2.14. The van der Waals surface area contributed by atoms with Gasteiger partial charge < -0.3 is 9.14 Å². The predicted octanol–water partition coefficient (Wildman–Crippen LogP) is 2.40. The van der Waals surface area contributed by atoms with Gasteiger partial charge in [0.25, 0.3) is 0 Å². The van der Waals surface area contributed by atoms with E-state index >= 15 is 0 Å². The van der Waals surface area contributed by atoms with E-state index in [0.717, 1.165) is 22.7 Å². The summed E-state index contributed by atoms with van der Waals surface area (Å²) in [5, 5.41) is 0. The third-order valence-corrected chi connectivity index (χ3v) is 2.62. The Hall–Kier alpha value is -2.36. The second-order valence-corrected chi connectivity index (χ2v) is 3.70. The van der Waals surface area contributed by atoms with Crippen LogP contribution in [0.5, 0.6) is 5.75 Å². The van der Waals surface area contributed by atoms with Crippen molar-refractivity contribution in [3.8, 4) is 17.0 Å². The highest BCUT2D eigenvalue weighted by Crippen LogP contribution is 2.20. The van der Waals surface area contributed by atoms with Crippen LogP contribution in [0.4, 0.5) is 0 Å². The van der Waals surface area contributed by atoms with Crippen LogP contribution >= 0.6 is 0 Å². The molecule has 0 spiro atoms. The third kappa shape index (κ3) is 1.73. The first-order chi connectivity index (χ1) is 8.36. The fourth-order valence-corrected chi connectivity index (χ4v) is 1.74. The number of nitrogens with zero attached hydrogens (tertiary/aromatic N) is 3. The normalized spacial score (nSPS) is 10.6. The molecule has 0 aliphatic heterocycles. The van der Waals surface area contributed by atoms with Crippen LogP contribution in [0, 0.1) is 0 Å². The molecule has 0 saturated heterocycles. The van der Waals surface area contributed by atoms with Crippen molar-refractivity contribution in [2.45, 2.75) is 0 Å². The minimum Gasteiger partial charge on any atom is -0.497 e. The van der Waals surface area contributed by atoms with Crippen molar-refractivity contribution in [3.05, 3.63) is 49.1 Å². The van der Waals surface area contributed by atoms with Gasteiger partial charge in [0.05, 0.1) is 12.8 Å². The van der Waals surface area contributed by atoms with Gasteiger partial charge in [-0.2, -0.15) is 0 Å². The molecule has 0 atom stereocenters. The Morgan fingerprint density at radius 2 is 2.24 bits per heavy atom. The Kier molecular flexibility index (Phi) is 2.26. The van der Waals surface area contributed by atoms with Crippen molar-refractivity contribution in [2.75, 3.05) is 7.11 Å². The molecule has 3 aromatic rings. The summed E-state index contributed by atoms with van der Waals surface area (Å²) in [6, 6.07) is 7.70. The first-order valence-corrected chi connectivity index (χ1v) is 5.30. The number of hydrogen-bond acceptors (Lipinski definition) is 3. The molecule has 3 rings (SSSR count). The fraction of sp³-hybridized carbons (Fsp3) is 0.0769. The van der Waals surface area contributed by atoms with Crippen molar-refractivity contribution in [1.29, 1.82) is 0 Å². The highest BCUT2D eigenvalue weighted by molar-refractivity contribution is 5.62. The molecule has 84 valence electrons. The molecule has 0 radical (unpaired) electrons. The summed E-state index contributed by atoms with van der Waals surface area (Å²) in [7, 11) is 1.65. The van der Waals surface area contributed by atoms with Gasteiger partial charge in [-0.3, -0.25) is 4.98 Å². The predicted molar refractivity (Wildman–Crippen MR) is 65.0 cm³/mol. The molecule has 4 nitrogen and oxygen atoms in total. The quantitative estimate of drug-likeness (QED) is 0.672. The molecule has 0 saturated carbocycles. The molecule has 0 unspecified atom stereocenters. The van der Waals surface area contributed by atoms with Gasteiger partial charge >= 0.3 is 0 Å². The zero-order valence-corrected chi connectivity index (χ0v) is 9.37. The number of hydrogen-bond donors (Lipinski definition) is 0. The van der Waals surface area contributed by atoms with Crippen LogP contribution in [0.2, 0.25) is 0 Å². The van der Waals surface area contributed by atoms with Crippen molar-refractivity contribution >= 4 is 5.65 Å². The number of imidazole rings is 1. The third-order valence-electron chi connectivity index (χ3n) is 2.62. The van der Waals surface area contributed by atoms with E-state index in [1.54, 1.807) is 19.5 Å². The van der Waals surface area contributed by atoms with Crippen LogP contribution in [0.1, 0.15) is 0 Å². The lowest BCUT2D eigenvalue weighted by atomic mass is 10.2. The first-order valence-electron chi connectivity index (χ1n) is 5.30. The Labute approximate surface area is 98.5 Å². The van der Waals surface area contributed by atoms with Gasteiger partial charge in [0, 0.05) is 36.4 Å². The molecule has 0 amide bonds. The molecule has 0 aromatic carbocycles. The number of fused-ring (bicyclic) bond motifs is 1. The van der Waals surface area contributed by atoms with E-state index in [2.05, 4.69) is 9.97 Å². The van der Waals surface area contributed by atoms with Crippen LogP contribution in [-0.2, 0) is 0 Å². The van der Waals surface area contributed by atoms with E-state index in [0.29, 0.717) is 0 Å². The zero-order valence-electron chi connectivity index (χ0n) is 9.37. The average Bonchev–Trinajstić information content (AvgIpc) is 2.82. The Morgan fingerprint density at radius 1 is 1.29 bits per heavy atom. The van der Waals surface area contributed by atoms with Gasteiger partial charge in [-0.15, -0.1) is 0 Å². The van der Waals surface area contributed by atoms with Gasteiger partial charge in [-0.1, -0.05) is 0 Å². The van der Waals surface area contributed by atoms with Crippen LogP contribution in [0.25, 0.3) is 16.9 Å². The molecule has 4 heteroatoms. The van der Waals surface area contributed by atoms with Crippen LogP contribution < -0.4 is 4.74 Å². The first kappa shape index (κ1) is 9.84. The lowest BCUT2D eigenvalue weighted by Crippen LogP contribution is -1.86. The maximum Gasteiger partial charge on any atom is 0.141 e. The van der Waals surface area contributed by atoms with E-state index in [4.69, 9.17) is 4.74 Å². The summed E-state index contributed by atoms with van der Waals surface area (Å²) in [5.74, 6) is 0.806. The summed E-state index contributed by atoms with van der Waals surface area (Å²) in [6.07, 6.45) is 7.47. The second kappa shape index (κ2) is 3.90. The second-order valence-electron chi connectivity index (χ2n) is 3.70. The summed E-state index contributed by atoms with van der Waals surface area (Å²) in [5.41, 5.74) is 2.78. The SMILES string of the molecule is COc1ccn2cc(-c3cccnc3)nc2c1. The lowest BCUT2D eigenvalue weighted by Gasteiger charge is -1.98. The zero-order chi connectivity index (χ0) is 11.7. The molecular formula is C13H11N3O. The number of pyridine rings is 2. The van der Waals surface area contributed by atoms with Crippen molar-refractivity contribution in [2.24, 2.45) is 0 Å². The highest BCUT2D eigenvalue weighted by Gasteiger charge is 2.04. The smallest absolute Gasteiger partial charge is 0.141 e. The monoisotopic (exact) mass is 225 g/mol. The molecule has 0 N–H and O–H groups in total. The summed E-state index contributed by atoms with van der Waals surface area (Å²) < 4.78 is 7.13. The van der Waals surface area contributed by atoms with Gasteiger partial charge in [0.1, 0.15) is 11.4 Å². The van der Waals surface area contributed by atoms with Crippen molar-refractivity contribution in [3.63, 3.8) is 0 Å². The van der Waals surface area contributed by atoms with E-state index in [1.807, 2.05) is 41.1 Å². The molecule has 17 heavy (non-hydrogen) atoms. The number of methoxy groups -OCH3 is 1. The summed E-state index contributed by atoms with van der Waals surface area (Å²) in [4.78, 5) is 8.63. The standard InChI is InChI=1S/C13H11N3O/c1-17-11-4-6-16-9-12(15-13(16)7-11)10-3-2-5-14-8-10/h2-9H,1H3. The largest absolute Gasteiger partial charge is 0.497 e. The highest BCUT2D eigenvalue weighted by atomic mass is 16.5. The van der Waals surface area contributed by atoms with Gasteiger partial charge in [-0.05, 0) is 18.2 Å². The molecule has 0 aliphatic rings. The average molecular weight is 225 g/mol. The Bertz CT molecular complexity index is 646. The molecule has 3 aromatic heterocycles. The minimum atomic E-state index is 0.806. The van der Waals surface area contributed by atoms with E-state index in [9.17, 15) is 0 Å². The number of ether oxygens (including phenoxy) is 1. The van der Waals surface area contributed by atoms with Crippen molar-refractivity contribution in [1.82, 2.24) is 14.4 Å². The maximum absolute atomic E-state index is 5.17. The van der Waals surface area contributed by atoms with Crippen LogP contribution in [-0.4, -0.2) is 21.5 Å². The summed E-state index contributed by atoms with van der Waals surface area (Å²) in [6.45, 7) is 0. The summed E-state index contributed by atoms with van der Waals surface area (Å²) >= 11 is 0. The van der Waals surface area contributed by atoms with Gasteiger partial charge in [0.2, 0.25) is 0 Å². The molecule has 0 bridgehead atoms. The molecule has 0 aliphatic carbocycles. The van der Waals surface area contributed by atoms with Gasteiger partial charge in [0.15, 0.2) is 0 Å². The molecular weight excluding hydrogens is 214 g/mol. The van der Waals surface area contributed by atoms with E-state index < -0.39 is 0 Å². The van der Waals surface area contributed by atoms with E-state index in [1.165, 1.54) is 0 Å². The minimum absolute atomic E-state index is 0.806. The molecule has 3 heterocycles. The van der Waals surface area contributed by atoms with Gasteiger partial charge in [-0.25, -0.2) is 4.98 Å². The number of rotatable bonds is 2. The van der Waals surface area contributed by atoms with E-state index in [-0.39, 0.29) is 0 Å². The fourth-order valence-electron chi connectivity index (χ4n) is 1.74. The maximum atomic E-state index is 5.17. The Morgan fingerprint density at radius 3 is 3.00 bits per heavy atom. The topological polar surface area (TPSA) is 39.4 Å². The van der Waals surface area contributed by atoms with Crippen molar-refractivity contribution < 1.29 is 4.74 Å². The van der Waals surface area contributed by atoms with Crippen LogP contribution in [0.15, 0.2) is 49.1 Å². The number of aromatic nitrogens is 3. The lowest BCUT2D eigenvalue weighted by molar-refractivity contribution is 0.414. The van der Waals surface area contributed by atoms with Crippen LogP contribution in [0.3, 0.4) is 0 Å².